The van der Waals surface area contributed by atoms with Crippen molar-refractivity contribution in [3.05, 3.63) is 35.4 Å². The number of halogens is 1. The molecule has 2 saturated carbocycles. The molecule has 4 heteroatoms. The van der Waals surface area contributed by atoms with E-state index in [9.17, 15) is 4.79 Å². The van der Waals surface area contributed by atoms with Crippen LogP contribution in [0.1, 0.15) is 50.2 Å². The molecule has 2 fully saturated rings. The Morgan fingerprint density at radius 3 is 2.35 bits per heavy atom. The molecule has 128 valence electrons. The molecule has 1 amide bonds. The van der Waals surface area contributed by atoms with Crippen LogP contribution in [0.25, 0.3) is 0 Å². The van der Waals surface area contributed by atoms with Gasteiger partial charge in [0.05, 0.1) is 0 Å². The van der Waals surface area contributed by atoms with E-state index in [1.165, 1.54) is 24.0 Å². The van der Waals surface area contributed by atoms with Crippen molar-refractivity contribution in [1.82, 2.24) is 4.90 Å². The molecule has 3 rings (SSSR count). The first kappa shape index (κ1) is 18.3. The fraction of sp³-hybridized carbons (Fsp3) is 0.632. The summed E-state index contributed by atoms with van der Waals surface area (Å²) in [5, 5.41) is 0. The molecule has 0 saturated heterocycles. The molecule has 1 aromatic rings. The molecule has 23 heavy (non-hydrogen) atoms. The Morgan fingerprint density at radius 1 is 1.13 bits per heavy atom. The Morgan fingerprint density at radius 2 is 1.78 bits per heavy atom. The molecule has 2 aliphatic carbocycles. The van der Waals surface area contributed by atoms with Crippen molar-refractivity contribution in [3.8, 4) is 0 Å². The highest BCUT2D eigenvalue weighted by molar-refractivity contribution is 5.85. The normalized spacial score (nSPS) is 23.4. The zero-order valence-electron chi connectivity index (χ0n) is 14.0. The van der Waals surface area contributed by atoms with Crippen LogP contribution in [0.2, 0.25) is 0 Å². The highest BCUT2D eigenvalue weighted by atomic mass is 35.5. The van der Waals surface area contributed by atoms with Crippen LogP contribution in [0, 0.1) is 11.8 Å². The average Bonchev–Trinajstić information content (AvgIpc) is 3.28. The second kappa shape index (κ2) is 8.16. The van der Waals surface area contributed by atoms with Crippen molar-refractivity contribution in [2.24, 2.45) is 17.6 Å². The quantitative estimate of drug-likeness (QED) is 0.863. The fourth-order valence-electron chi connectivity index (χ4n) is 3.71. The third kappa shape index (κ3) is 4.27. The number of carbonyl (C=O) groups excluding carboxylic acids is 1. The van der Waals surface area contributed by atoms with Gasteiger partial charge in [-0.2, -0.15) is 0 Å². The minimum Gasteiger partial charge on any atom is -0.335 e. The minimum absolute atomic E-state index is 0. The number of nitrogens with two attached hydrogens (primary N) is 1. The zero-order valence-corrected chi connectivity index (χ0v) is 14.9. The van der Waals surface area contributed by atoms with Crippen LogP contribution < -0.4 is 5.73 Å². The minimum atomic E-state index is 0. The van der Waals surface area contributed by atoms with E-state index < -0.39 is 0 Å². The Labute approximate surface area is 146 Å². The number of aryl methyl sites for hydroxylation is 1. The van der Waals surface area contributed by atoms with Crippen LogP contribution in [-0.2, 0) is 17.8 Å². The topological polar surface area (TPSA) is 46.3 Å². The molecule has 1 aromatic carbocycles. The maximum atomic E-state index is 13.0. The van der Waals surface area contributed by atoms with E-state index in [4.69, 9.17) is 5.73 Å². The molecule has 0 aliphatic heterocycles. The van der Waals surface area contributed by atoms with Crippen LogP contribution in [0.3, 0.4) is 0 Å². The van der Waals surface area contributed by atoms with Gasteiger partial charge in [0, 0.05) is 18.5 Å². The van der Waals surface area contributed by atoms with Gasteiger partial charge in [-0.25, -0.2) is 0 Å². The number of hydrogen-bond acceptors (Lipinski definition) is 2. The van der Waals surface area contributed by atoms with E-state index >= 15 is 0 Å². The number of carbonyl (C=O) groups is 1. The summed E-state index contributed by atoms with van der Waals surface area (Å²) in [6.07, 6.45) is 6.70. The van der Waals surface area contributed by atoms with E-state index in [0.717, 1.165) is 32.2 Å². The summed E-state index contributed by atoms with van der Waals surface area (Å²) in [7, 11) is 0. The molecular formula is C19H29ClN2O. The molecule has 0 bridgehead atoms. The van der Waals surface area contributed by atoms with Crippen LogP contribution in [0.4, 0.5) is 0 Å². The Bertz CT molecular complexity index is 513. The van der Waals surface area contributed by atoms with Gasteiger partial charge in [-0.1, -0.05) is 37.6 Å². The monoisotopic (exact) mass is 336 g/mol. The maximum absolute atomic E-state index is 13.0. The molecular weight excluding hydrogens is 308 g/mol. The maximum Gasteiger partial charge on any atom is 0.226 e. The number of amides is 1. The van der Waals surface area contributed by atoms with Crippen LogP contribution in [0.5, 0.6) is 0 Å². The van der Waals surface area contributed by atoms with E-state index in [1.807, 2.05) is 0 Å². The number of benzene rings is 1. The summed E-state index contributed by atoms with van der Waals surface area (Å²) in [5.74, 6) is 0.923. The number of rotatable bonds is 6. The van der Waals surface area contributed by atoms with Crippen LogP contribution >= 0.6 is 12.4 Å². The highest BCUT2D eigenvalue weighted by Crippen LogP contribution is 2.36. The first-order valence-electron chi connectivity index (χ1n) is 8.81. The van der Waals surface area contributed by atoms with Crippen molar-refractivity contribution in [3.63, 3.8) is 0 Å². The molecule has 0 unspecified atom stereocenters. The third-order valence-electron chi connectivity index (χ3n) is 5.33. The van der Waals surface area contributed by atoms with E-state index in [2.05, 4.69) is 36.1 Å². The summed E-state index contributed by atoms with van der Waals surface area (Å²) in [5.41, 5.74) is 8.47. The first-order valence-corrected chi connectivity index (χ1v) is 8.81. The lowest BCUT2D eigenvalue weighted by molar-refractivity contribution is -0.137. The number of nitrogens with zero attached hydrogens (tertiary/aromatic N) is 1. The second-order valence-corrected chi connectivity index (χ2v) is 6.90. The molecule has 0 heterocycles. The summed E-state index contributed by atoms with van der Waals surface area (Å²) >= 11 is 0. The summed E-state index contributed by atoms with van der Waals surface area (Å²) in [4.78, 5) is 15.1. The third-order valence-corrected chi connectivity index (χ3v) is 5.33. The van der Waals surface area contributed by atoms with Crippen molar-refractivity contribution >= 4 is 18.3 Å². The Kier molecular flexibility index (Phi) is 6.49. The lowest BCUT2D eigenvalue weighted by atomic mass is 9.94. The van der Waals surface area contributed by atoms with Gasteiger partial charge >= 0.3 is 0 Å². The van der Waals surface area contributed by atoms with Gasteiger partial charge in [-0.05, 0) is 55.7 Å². The van der Waals surface area contributed by atoms with Crippen LogP contribution in [-0.4, -0.2) is 23.4 Å². The van der Waals surface area contributed by atoms with Gasteiger partial charge in [0.1, 0.15) is 0 Å². The largest absolute Gasteiger partial charge is 0.335 e. The van der Waals surface area contributed by atoms with E-state index in [-0.39, 0.29) is 18.3 Å². The van der Waals surface area contributed by atoms with Crippen molar-refractivity contribution < 1.29 is 4.79 Å². The van der Waals surface area contributed by atoms with Gasteiger partial charge in [0.2, 0.25) is 5.91 Å². The highest BCUT2D eigenvalue weighted by Gasteiger charge is 2.40. The SMILES string of the molecule is CCc1ccc(CN(C(=O)[C@@H]2CCC[C@@H]2CN)C2CC2)cc1.Cl. The predicted molar refractivity (Wildman–Crippen MR) is 96.5 cm³/mol. The van der Waals surface area contributed by atoms with Gasteiger partial charge < -0.3 is 10.6 Å². The Balaban J connectivity index is 0.00000192. The fourth-order valence-corrected chi connectivity index (χ4v) is 3.71. The van der Waals surface area contributed by atoms with Crippen molar-refractivity contribution in [1.29, 1.82) is 0 Å². The standard InChI is InChI=1S/C19H28N2O.ClH/c1-2-14-6-8-15(9-7-14)13-21(17-10-11-17)19(22)18-5-3-4-16(18)12-20;/h6-9,16-18H,2-5,10-13,20H2,1H3;1H/t16-,18-;/m1./s1. The van der Waals surface area contributed by atoms with E-state index in [1.54, 1.807) is 0 Å². The van der Waals surface area contributed by atoms with Crippen molar-refractivity contribution in [2.75, 3.05) is 6.54 Å². The number of hydrogen-bond donors (Lipinski definition) is 1. The first-order chi connectivity index (χ1) is 10.7. The second-order valence-electron chi connectivity index (χ2n) is 6.90. The smallest absolute Gasteiger partial charge is 0.226 e. The van der Waals surface area contributed by atoms with Gasteiger partial charge in [0.15, 0.2) is 0 Å². The molecule has 0 aromatic heterocycles. The molecule has 2 N–H and O–H groups in total. The summed E-state index contributed by atoms with van der Waals surface area (Å²) in [6, 6.07) is 9.19. The van der Waals surface area contributed by atoms with Gasteiger partial charge in [-0.15, -0.1) is 12.4 Å². The van der Waals surface area contributed by atoms with Gasteiger partial charge in [-0.3, -0.25) is 4.79 Å². The molecule has 2 atom stereocenters. The molecule has 0 radical (unpaired) electrons. The van der Waals surface area contributed by atoms with Crippen LogP contribution in [0.15, 0.2) is 24.3 Å². The zero-order chi connectivity index (χ0) is 15.5. The summed E-state index contributed by atoms with van der Waals surface area (Å²) in [6.45, 7) is 3.59. The van der Waals surface area contributed by atoms with E-state index in [0.29, 0.717) is 24.4 Å². The Hall–Kier alpha value is -1.06. The lowest BCUT2D eigenvalue weighted by Crippen LogP contribution is -2.40. The van der Waals surface area contributed by atoms with Gasteiger partial charge in [0.25, 0.3) is 0 Å². The predicted octanol–water partition coefficient (Wildman–Crippen LogP) is 3.54. The molecule has 3 nitrogen and oxygen atoms in total. The average molecular weight is 337 g/mol. The summed E-state index contributed by atoms with van der Waals surface area (Å²) < 4.78 is 0. The lowest BCUT2D eigenvalue weighted by Gasteiger charge is -2.28. The molecule has 0 spiro atoms. The van der Waals surface area contributed by atoms with Crippen molar-refractivity contribution in [2.45, 2.75) is 58.0 Å². The molecule has 2 aliphatic rings.